The van der Waals surface area contributed by atoms with Crippen molar-refractivity contribution in [1.29, 1.82) is 0 Å². The molecular weight excluding hydrogens is 434 g/mol. The molecular formula is C22H20ClN5O2S. The summed E-state index contributed by atoms with van der Waals surface area (Å²) in [7, 11) is 0. The second-order valence-electron chi connectivity index (χ2n) is 7.24. The lowest BCUT2D eigenvalue weighted by molar-refractivity contribution is 0.0391. The standard InChI is InChI=1S/C22H20ClN5O2S/c23-15-4-3-7-19-20(15)26-22(31-19)28(9-8-27-10-12-30-13-11-27)21(29)18-14-24-16-5-1-2-6-17(16)25-18/h1-7,14H,8-13H2. The highest BCUT2D eigenvalue weighted by Gasteiger charge is 2.24. The molecule has 0 spiro atoms. The first-order valence-electron chi connectivity index (χ1n) is 10.1. The van der Waals surface area contributed by atoms with Gasteiger partial charge in [-0.3, -0.25) is 19.6 Å². The average molecular weight is 454 g/mol. The summed E-state index contributed by atoms with van der Waals surface area (Å²) in [6, 6.07) is 13.2. The zero-order chi connectivity index (χ0) is 21.2. The predicted molar refractivity (Wildman–Crippen MR) is 123 cm³/mol. The Kier molecular flexibility index (Phi) is 5.78. The minimum absolute atomic E-state index is 0.221. The van der Waals surface area contributed by atoms with Gasteiger partial charge in [0.1, 0.15) is 11.2 Å². The molecule has 9 heteroatoms. The van der Waals surface area contributed by atoms with E-state index in [2.05, 4.69) is 19.9 Å². The smallest absolute Gasteiger partial charge is 0.280 e. The number of carbonyl (C=O) groups excluding carboxylic acids is 1. The summed E-state index contributed by atoms with van der Waals surface area (Å²) >= 11 is 7.78. The van der Waals surface area contributed by atoms with Crippen LogP contribution in [0.25, 0.3) is 21.3 Å². The highest BCUT2D eigenvalue weighted by Crippen LogP contribution is 2.33. The number of morpholine rings is 1. The van der Waals surface area contributed by atoms with Gasteiger partial charge in [0.2, 0.25) is 0 Å². The molecule has 0 N–H and O–H groups in total. The molecule has 3 heterocycles. The van der Waals surface area contributed by atoms with Gasteiger partial charge < -0.3 is 4.74 Å². The van der Waals surface area contributed by atoms with E-state index in [0.29, 0.717) is 46.6 Å². The van der Waals surface area contributed by atoms with Crippen molar-refractivity contribution < 1.29 is 9.53 Å². The first kappa shape index (κ1) is 20.3. The minimum atomic E-state index is -0.221. The molecule has 1 aliphatic heterocycles. The van der Waals surface area contributed by atoms with Crippen LogP contribution in [-0.2, 0) is 4.74 Å². The lowest BCUT2D eigenvalue weighted by atomic mass is 10.3. The van der Waals surface area contributed by atoms with E-state index < -0.39 is 0 Å². The number of thiazole rings is 1. The molecule has 0 unspecified atom stereocenters. The van der Waals surface area contributed by atoms with Crippen molar-refractivity contribution in [2.24, 2.45) is 0 Å². The number of ether oxygens (including phenoxy) is 1. The van der Waals surface area contributed by atoms with Gasteiger partial charge in [0, 0.05) is 26.2 Å². The molecule has 0 saturated carbocycles. The van der Waals surface area contributed by atoms with Crippen LogP contribution in [0.2, 0.25) is 5.02 Å². The Balaban J connectivity index is 1.49. The SMILES string of the molecule is O=C(c1cnc2ccccc2n1)N(CCN1CCOCC1)c1nc2c(Cl)cccc2s1. The Hall–Kier alpha value is -2.65. The second-order valence-corrected chi connectivity index (χ2v) is 8.65. The number of hydrogen-bond acceptors (Lipinski definition) is 7. The molecule has 1 saturated heterocycles. The molecule has 7 nitrogen and oxygen atoms in total. The van der Waals surface area contributed by atoms with Crippen molar-refractivity contribution in [3.05, 3.63) is 59.4 Å². The maximum absolute atomic E-state index is 13.5. The van der Waals surface area contributed by atoms with Crippen molar-refractivity contribution in [3.63, 3.8) is 0 Å². The minimum Gasteiger partial charge on any atom is -0.379 e. The van der Waals surface area contributed by atoms with E-state index in [0.717, 1.165) is 29.9 Å². The Morgan fingerprint density at radius 3 is 2.71 bits per heavy atom. The van der Waals surface area contributed by atoms with Crippen LogP contribution in [0, 0.1) is 0 Å². The summed E-state index contributed by atoms with van der Waals surface area (Å²) in [4.78, 5) is 31.2. The van der Waals surface area contributed by atoms with Crippen molar-refractivity contribution in [1.82, 2.24) is 19.9 Å². The number of anilines is 1. The molecule has 5 rings (SSSR count). The lowest BCUT2D eigenvalue weighted by Crippen LogP contribution is -2.43. The number of rotatable bonds is 5. The molecule has 0 radical (unpaired) electrons. The first-order valence-corrected chi connectivity index (χ1v) is 11.3. The average Bonchev–Trinajstić information content (AvgIpc) is 3.25. The maximum atomic E-state index is 13.5. The van der Waals surface area contributed by atoms with Gasteiger partial charge >= 0.3 is 0 Å². The quantitative estimate of drug-likeness (QED) is 0.456. The van der Waals surface area contributed by atoms with Gasteiger partial charge in [-0.05, 0) is 24.3 Å². The number of fused-ring (bicyclic) bond motifs is 2. The fraction of sp³-hybridized carbons (Fsp3) is 0.273. The number of benzene rings is 2. The highest BCUT2D eigenvalue weighted by atomic mass is 35.5. The van der Waals surface area contributed by atoms with E-state index >= 15 is 0 Å². The molecule has 1 amide bonds. The van der Waals surface area contributed by atoms with Gasteiger partial charge in [0.15, 0.2) is 5.13 Å². The maximum Gasteiger partial charge on any atom is 0.280 e. The summed E-state index contributed by atoms with van der Waals surface area (Å²) in [5.74, 6) is -0.221. The van der Waals surface area contributed by atoms with E-state index in [1.807, 2.05) is 42.5 Å². The van der Waals surface area contributed by atoms with E-state index in [9.17, 15) is 4.79 Å². The number of carbonyl (C=O) groups is 1. The zero-order valence-electron chi connectivity index (χ0n) is 16.7. The fourth-order valence-corrected chi connectivity index (χ4v) is 4.86. The molecule has 2 aromatic carbocycles. The van der Waals surface area contributed by atoms with Crippen molar-refractivity contribution >= 4 is 55.2 Å². The Morgan fingerprint density at radius 1 is 1.10 bits per heavy atom. The number of hydrogen-bond donors (Lipinski definition) is 0. The molecule has 1 aliphatic rings. The second kappa shape index (κ2) is 8.84. The fourth-order valence-electron chi connectivity index (χ4n) is 3.57. The van der Waals surface area contributed by atoms with Crippen LogP contribution in [0.1, 0.15) is 10.5 Å². The number of aromatic nitrogens is 3. The third-order valence-electron chi connectivity index (χ3n) is 5.25. The van der Waals surface area contributed by atoms with Gasteiger partial charge in [-0.1, -0.05) is 41.1 Å². The van der Waals surface area contributed by atoms with Crippen LogP contribution in [-0.4, -0.2) is 65.2 Å². The van der Waals surface area contributed by atoms with Crippen LogP contribution in [0.4, 0.5) is 5.13 Å². The van der Waals surface area contributed by atoms with Crippen LogP contribution in [0.15, 0.2) is 48.7 Å². The number of halogens is 1. The summed E-state index contributed by atoms with van der Waals surface area (Å²) < 4.78 is 6.38. The van der Waals surface area contributed by atoms with Crippen molar-refractivity contribution in [2.45, 2.75) is 0 Å². The molecule has 0 bridgehead atoms. The van der Waals surface area contributed by atoms with Gasteiger partial charge in [0.05, 0.1) is 40.2 Å². The summed E-state index contributed by atoms with van der Waals surface area (Å²) in [6.45, 7) is 4.33. The summed E-state index contributed by atoms with van der Waals surface area (Å²) in [6.07, 6.45) is 1.53. The Bertz CT molecular complexity index is 1240. The topological polar surface area (TPSA) is 71.5 Å². The molecule has 158 valence electrons. The van der Waals surface area contributed by atoms with Crippen LogP contribution in [0.5, 0.6) is 0 Å². The van der Waals surface area contributed by atoms with E-state index in [1.165, 1.54) is 17.5 Å². The molecule has 31 heavy (non-hydrogen) atoms. The van der Waals surface area contributed by atoms with Crippen molar-refractivity contribution in [2.75, 3.05) is 44.3 Å². The molecule has 0 atom stereocenters. The largest absolute Gasteiger partial charge is 0.379 e. The first-order chi connectivity index (χ1) is 15.2. The zero-order valence-corrected chi connectivity index (χ0v) is 18.3. The Morgan fingerprint density at radius 2 is 1.90 bits per heavy atom. The summed E-state index contributed by atoms with van der Waals surface area (Å²) in [5.41, 5.74) is 2.45. The lowest BCUT2D eigenvalue weighted by Gasteiger charge is -2.29. The monoisotopic (exact) mass is 453 g/mol. The van der Waals surface area contributed by atoms with E-state index in [1.54, 1.807) is 4.90 Å². The van der Waals surface area contributed by atoms with E-state index in [4.69, 9.17) is 16.3 Å². The van der Waals surface area contributed by atoms with Gasteiger partial charge in [-0.25, -0.2) is 9.97 Å². The third kappa shape index (κ3) is 4.24. The van der Waals surface area contributed by atoms with Crippen LogP contribution >= 0.6 is 22.9 Å². The molecule has 2 aromatic heterocycles. The van der Waals surface area contributed by atoms with Gasteiger partial charge in [0.25, 0.3) is 5.91 Å². The summed E-state index contributed by atoms with van der Waals surface area (Å²) in [5, 5.41) is 1.18. The van der Waals surface area contributed by atoms with Gasteiger partial charge in [-0.15, -0.1) is 0 Å². The van der Waals surface area contributed by atoms with Crippen molar-refractivity contribution in [3.8, 4) is 0 Å². The molecule has 1 fully saturated rings. The van der Waals surface area contributed by atoms with Crippen LogP contribution < -0.4 is 4.90 Å². The number of nitrogens with zero attached hydrogens (tertiary/aromatic N) is 5. The predicted octanol–water partition coefficient (Wildman–Crippen LogP) is 3.87. The third-order valence-corrected chi connectivity index (χ3v) is 6.59. The molecule has 0 aliphatic carbocycles. The van der Waals surface area contributed by atoms with Crippen LogP contribution in [0.3, 0.4) is 0 Å². The number of para-hydroxylation sites is 3. The normalized spacial score (nSPS) is 14.9. The highest BCUT2D eigenvalue weighted by molar-refractivity contribution is 7.22. The molecule has 4 aromatic rings. The van der Waals surface area contributed by atoms with Gasteiger partial charge in [-0.2, -0.15) is 0 Å². The number of amides is 1. The Labute approximate surface area is 188 Å². The van der Waals surface area contributed by atoms with E-state index in [-0.39, 0.29) is 5.91 Å².